The van der Waals surface area contributed by atoms with Crippen LogP contribution in [0.2, 0.25) is 0 Å². The Bertz CT molecular complexity index is 233. The second kappa shape index (κ2) is 30.1. The highest BCUT2D eigenvalue weighted by Gasteiger charge is 1.95. The van der Waals surface area contributed by atoms with E-state index in [1.165, 1.54) is 116 Å². The zero-order valence-electron chi connectivity index (χ0n) is 21.3. The van der Waals surface area contributed by atoms with Crippen LogP contribution in [0.4, 0.5) is 0 Å². The van der Waals surface area contributed by atoms with Gasteiger partial charge in [0.05, 0.1) is 0 Å². The minimum absolute atomic E-state index is 0.816. The van der Waals surface area contributed by atoms with Crippen LogP contribution in [0.3, 0.4) is 0 Å². The number of nitrogens with zero attached hydrogens (tertiary/aromatic N) is 1. The Hall–Kier alpha value is -0.0800. The van der Waals surface area contributed by atoms with E-state index in [2.05, 4.69) is 32.6 Å². The van der Waals surface area contributed by atoms with Gasteiger partial charge in [-0.2, -0.15) is 0 Å². The predicted molar refractivity (Wildman–Crippen MR) is 136 cm³/mol. The van der Waals surface area contributed by atoms with E-state index in [1.54, 1.807) is 0 Å². The third-order valence-electron chi connectivity index (χ3n) is 6.03. The minimum Gasteiger partial charge on any atom is -0.330 e. The average Bonchev–Trinajstić information content (AvgIpc) is 2.75. The minimum atomic E-state index is 0.816. The van der Waals surface area contributed by atoms with Gasteiger partial charge in [-0.1, -0.05) is 143 Å². The van der Waals surface area contributed by atoms with Gasteiger partial charge in [0.1, 0.15) is 0 Å². The molecule has 29 heavy (non-hydrogen) atoms. The molecule has 0 aromatic carbocycles. The summed E-state index contributed by atoms with van der Waals surface area (Å²) in [5.74, 6) is 0. The Labute approximate surface area is 186 Å². The van der Waals surface area contributed by atoms with Crippen LogP contribution in [0.25, 0.3) is 0 Å². The zero-order valence-corrected chi connectivity index (χ0v) is 21.3. The van der Waals surface area contributed by atoms with Gasteiger partial charge in [-0.05, 0) is 32.6 Å². The van der Waals surface area contributed by atoms with Gasteiger partial charge in [0.15, 0.2) is 0 Å². The molecule has 0 atom stereocenters. The molecule has 0 aliphatic carbocycles. The van der Waals surface area contributed by atoms with Crippen LogP contribution in [0.1, 0.15) is 150 Å². The van der Waals surface area contributed by atoms with E-state index in [-0.39, 0.29) is 0 Å². The first-order valence-corrected chi connectivity index (χ1v) is 13.7. The largest absolute Gasteiger partial charge is 0.330 e. The maximum Gasteiger partial charge on any atom is -0.000695 e. The molecule has 0 spiro atoms. The first kappa shape index (κ1) is 31.1. The standard InChI is InChI=1S/C20H42.C7H18N2/c1-3-5-7-9-11-13-15-17-19-20-18-16-14-12-10-8-6-4-2;1-3-9(4-2)7-5-6-8/h3-20H2,1-2H3;3-8H2,1-2H3. The molecule has 0 aliphatic heterocycles. The van der Waals surface area contributed by atoms with E-state index in [9.17, 15) is 0 Å². The van der Waals surface area contributed by atoms with Gasteiger partial charge in [0.25, 0.3) is 0 Å². The summed E-state index contributed by atoms with van der Waals surface area (Å²) in [7, 11) is 0. The Balaban J connectivity index is 0. The van der Waals surface area contributed by atoms with Crippen LogP contribution in [0, 0.1) is 0 Å². The molecule has 0 saturated heterocycles. The first-order chi connectivity index (χ1) is 14.3. The fourth-order valence-electron chi connectivity index (χ4n) is 3.83. The zero-order chi connectivity index (χ0) is 21.8. The number of nitrogens with two attached hydrogens (primary N) is 1. The Morgan fingerprint density at radius 1 is 0.414 bits per heavy atom. The molecular weight excluding hydrogens is 352 g/mol. The lowest BCUT2D eigenvalue weighted by molar-refractivity contribution is 0.302. The first-order valence-electron chi connectivity index (χ1n) is 13.7. The van der Waals surface area contributed by atoms with Gasteiger partial charge in [-0.25, -0.2) is 0 Å². The SMILES string of the molecule is CCCCCCCCCCCCCCCCCCCC.CCN(CC)CCCN. The summed E-state index contributed by atoms with van der Waals surface area (Å²) in [4.78, 5) is 2.38. The molecule has 0 radical (unpaired) electrons. The lowest BCUT2D eigenvalue weighted by atomic mass is 10.0. The highest BCUT2D eigenvalue weighted by Crippen LogP contribution is 2.14. The molecule has 0 fully saturated rings. The monoisotopic (exact) mass is 412 g/mol. The van der Waals surface area contributed by atoms with Crippen molar-refractivity contribution in [1.82, 2.24) is 4.90 Å². The van der Waals surface area contributed by atoms with Crippen molar-refractivity contribution < 1.29 is 0 Å². The van der Waals surface area contributed by atoms with Crippen molar-refractivity contribution >= 4 is 0 Å². The molecule has 0 heterocycles. The van der Waals surface area contributed by atoms with Crippen molar-refractivity contribution in [2.45, 2.75) is 150 Å². The van der Waals surface area contributed by atoms with Crippen LogP contribution < -0.4 is 5.73 Å². The topological polar surface area (TPSA) is 29.3 Å². The summed E-state index contributed by atoms with van der Waals surface area (Å²) in [6.07, 6.45) is 27.5. The summed E-state index contributed by atoms with van der Waals surface area (Å²) in [6.45, 7) is 13.2. The van der Waals surface area contributed by atoms with Crippen molar-refractivity contribution in [2.75, 3.05) is 26.2 Å². The van der Waals surface area contributed by atoms with Crippen molar-refractivity contribution in [3.05, 3.63) is 0 Å². The second-order valence-corrected chi connectivity index (χ2v) is 8.83. The fraction of sp³-hybridized carbons (Fsp3) is 1.00. The molecule has 0 rings (SSSR count). The van der Waals surface area contributed by atoms with Crippen LogP contribution in [-0.4, -0.2) is 31.1 Å². The Morgan fingerprint density at radius 3 is 0.897 bits per heavy atom. The van der Waals surface area contributed by atoms with Gasteiger partial charge in [0.2, 0.25) is 0 Å². The second-order valence-electron chi connectivity index (χ2n) is 8.83. The Morgan fingerprint density at radius 2 is 0.690 bits per heavy atom. The van der Waals surface area contributed by atoms with E-state index in [0.29, 0.717) is 0 Å². The smallest absolute Gasteiger partial charge is 0.000695 e. The van der Waals surface area contributed by atoms with Crippen LogP contribution in [0.15, 0.2) is 0 Å². The molecule has 0 aliphatic rings. The van der Waals surface area contributed by atoms with E-state index in [0.717, 1.165) is 32.6 Å². The summed E-state index contributed by atoms with van der Waals surface area (Å²) in [5, 5.41) is 0. The van der Waals surface area contributed by atoms with Crippen molar-refractivity contribution in [2.24, 2.45) is 5.73 Å². The normalized spacial score (nSPS) is 11.0. The van der Waals surface area contributed by atoms with E-state index in [4.69, 9.17) is 5.73 Å². The van der Waals surface area contributed by atoms with Crippen LogP contribution in [-0.2, 0) is 0 Å². The quantitative estimate of drug-likeness (QED) is 0.180. The number of hydrogen-bond acceptors (Lipinski definition) is 2. The van der Waals surface area contributed by atoms with Crippen LogP contribution in [0.5, 0.6) is 0 Å². The summed E-state index contributed by atoms with van der Waals surface area (Å²) in [6, 6.07) is 0. The third-order valence-corrected chi connectivity index (χ3v) is 6.03. The maximum atomic E-state index is 5.36. The third kappa shape index (κ3) is 30.2. The van der Waals surface area contributed by atoms with Gasteiger partial charge >= 0.3 is 0 Å². The van der Waals surface area contributed by atoms with E-state index >= 15 is 0 Å². The Kier molecular flexibility index (Phi) is 32.3. The average molecular weight is 413 g/mol. The number of unbranched alkanes of at least 4 members (excludes halogenated alkanes) is 17. The lowest BCUT2D eigenvalue weighted by Gasteiger charge is -2.16. The molecule has 0 bridgehead atoms. The fourth-order valence-corrected chi connectivity index (χ4v) is 3.83. The van der Waals surface area contributed by atoms with E-state index < -0.39 is 0 Å². The molecule has 0 amide bonds. The number of rotatable bonds is 22. The van der Waals surface area contributed by atoms with Gasteiger partial charge in [0, 0.05) is 0 Å². The molecule has 2 N–H and O–H groups in total. The molecule has 2 nitrogen and oxygen atoms in total. The van der Waals surface area contributed by atoms with Gasteiger partial charge in [-0.3, -0.25) is 0 Å². The van der Waals surface area contributed by atoms with Gasteiger partial charge in [-0.15, -0.1) is 0 Å². The maximum absolute atomic E-state index is 5.36. The van der Waals surface area contributed by atoms with Crippen molar-refractivity contribution in [3.63, 3.8) is 0 Å². The van der Waals surface area contributed by atoms with Crippen molar-refractivity contribution in [1.29, 1.82) is 0 Å². The molecule has 0 aromatic heterocycles. The van der Waals surface area contributed by atoms with Crippen LogP contribution >= 0.6 is 0 Å². The highest BCUT2D eigenvalue weighted by atomic mass is 15.1. The highest BCUT2D eigenvalue weighted by molar-refractivity contribution is 4.51. The summed E-state index contributed by atoms with van der Waals surface area (Å²) in [5.41, 5.74) is 5.36. The molecule has 178 valence electrons. The lowest BCUT2D eigenvalue weighted by Crippen LogP contribution is -2.25. The molecular formula is C27H60N2. The molecule has 0 aromatic rings. The summed E-state index contributed by atoms with van der Waals surface area (Å²) >= 11 is 0. The summed E-state index contributed by atoms with van der Waals surface area (Å²) < 4.78 is 0. The number of hydrogen-bond donors (Lipinski definition) is 1. The van der Waals surface area contributed by atoms with Gasteiger partial charge < -0.3 is 10.6 Å². The van der Waals surface area contributed by atoms with Crippen molar-refractivity contribution in [3.8, 4) is 0 Å². The molecule has 0 saturated carbocycles. The predicted octanol–water partition coefficient (Wildman–Crippen LogP) is 8.73. The van der Waals surface area contributed by atoms with E-state index in [1.807, 2.05) is 0 Å². The molecule has 2 heteroatoms. The molecule has 0 unspecified atom stereocenters.